The summed E-state index contributed by atoms with van der Waals surface area (Å²) in [6.07, 6.45) is -2.87. The molecule has 1 unspecified atom stereocenters. The average molecular weight is 311 g/mol. The van der Waals surface area contributed by atoms with E-state index in [0.717, 1.165) is 18.3 Å². The standard InChI is InChI=1S/C15H16F3N3O/c16-15(17,18)12-4-2-1-3-11(12)8-14-20-19-13-7-10(9-22)5-6-21(13)14/h1-4,10,22H,5-9H2. The lowest BCUT2D eigenvalue weighted by Gasteiger charge is -2.22. The van der Waals surface area contributed by atoms with Crippen LogP contribution in [0.2, 0.25) is 0 Å². The van der Waals surface area contributed by atoms with Gasteiger partial charge in [-0.1, -0.05) is 18.2 Å². The molecule has 0 spiro atoms. The Morgan fingerprint density at radius 1 is 1.23 bits per heavy atom. The predicted molar refractivity (Wildman–Crippen MR) is 73.2 cm³/mol. The molecule has 0 saturated heterocycles. The van der Waals surface area contributed by atoms with Crippen molar-refractivity contribution < 1.29 is 18.3 Å². The Hall–Kier alpha value is -1.89. The Morgan fingerprint density at radius 3 is 2.73 bits per heavy atom. The second-order valence-corrected chi connectivity index (χ2v) is 5.56. The minimum atomic E-state index is -4.37. The molecular weight excluding hydrogens is 295 g/mol. The van der Waals surface area contributed by atoms with Gasteiger partial charge in [0, 0.05) is 26.0 Å². The largest absolute Gasteiger partial charge is 0.416 e. The molecule has 3 rings (SSSR count). The maximum atomic E-state index is 13.0. The molecule has 2 aromatic rings. The van der Waals surface area contributed by atoms with Crippen molar-refractivity contribution in [3.8, 4) is 0 Å². The fraction of sp³-hybridized carbons (Fsp3) is 0.467. The SMILES string of the molecule is OCC1CCn2c(Cc3ccccc3C(F)(F)F)nnc2C1. The summed E-state index contributed by atoms with van der Waals surface area (Å²) >= 11 is 0. The van der Waals surface area contributed by atoms with Gasteiger partial charge in [0.05, 0.1) is 5.56 Å². The van der Waals surface area contributed by atoms with Crippen LogP contribution in [-0.4, -0.2) is 26.5 Å². The summed E-state index contributed by atoms with van der Waals surface area (Å²) in [7, 11) is 0. The molecule has 118 valence electrons. The van der Waals surface area contributed by atoms with E-state index in [9.17, 15) is 18.3 Å². The smallest absolute Gasteiger partial charge is 0.396 e. The number of nitrogens with zero attached hydrogens (tertiary/aromatic N) is 3. The van der Waals surface area contributed by atoms with E-state index in [1.165, 1.54) is 12.1 Å². The number of hydrogen-bond acceptors (Lipinski definition) is 3. The van der Waals surface area contributed by atoms with Crippen molar-refractivity contribution in [3.63, 3.8) is 0 Å². The fourth-order valence-corrected chi connectivity index (χ4v) is 2.86. The van der Waals surface area contributed by atoms with Crippen LogP contribution in [0.3, 0.4) is 0 Å². The maximum Gasteiger partial charge on any atom is 0.416 e. The van der Waals surface area contributed by atoms with E-state index in [1.807, 2.05) is 4.57 Å². The summed E-state index contributed by atoms with van der Waals surface area (Å²) in [5.74, 6) is 1.44. The third-order valence-electron chi connectivity index (χ3n) is 4.07. The van der Waals surface area contributed by atoms with Crippen LogP contribution in [0.15, 0.2) is 24.3 Å². The van der Waals surface area contributed by atoms with Crippen LogP contribution in [0.5, 0.6) is 0 Å². The van der Waals surface area contributed by atoms with Gasteiger partial charge < -0.3 is 9.67 Å². The highest BCUT2D eigenvalue weighted by Gasteiger charge is 2.33. The lowest BCUT2D eigenvalue weighted by Crippen LogP contribution is -2.23. The van der Waals surface area contributed by atoms with E-state index in [0.29, 0.717) is 18.8 Å². The molecule has 0 radical (unpaired) electrons. The Kier molecular flexibility index (Phi) is 3.90. The first-order chi connectivity index (χ1) is 10.5. The van der Waals surface area contributed by atoms with Gasteiger partial charge in [-0.05, 0) is 24.0 Å². The Morgan fingerprint density at radius 2 is 2.00 bits per heavy atom. The number of aromatic nitrogens is 3. The molecule has 1 aromatic heterocycles. The second kappa shape index (κ2) is 5.72. The van der Waals surface area contributed by atoms with Gasteiger partial charge in [-0.25, -0.2) is 0 Å². The highest BCUT2D eigenvalue weighted by atomic mass is 19.4. The molecule has 7 heteroatoms. The van der Waals surface area contributed by atoms with Gasteiger partial charge in [-0.15, -0.1) is 10.2 Å². The number of aliphatic hydroxyl groups excluding tert-OH is 1. The van der Waals surface area contributed by atoms with Gasteiger partial charge in [-0.2, -0.15) is 13.2 Å². The molecule has 0 fully saturated rings. The number of aliphatic hydroxyl groups is 1. The number of alkyl halides is 3. The van der Waals surface area contributed by atoms with Crippen molar-refractivity contribution in [1.82, 2.24) is 14.8 Å². The molecule has 0 aliphatic carbocycles. The van der Waals surface area contributed by atoms with Crippen LogP contribution in [-0.2, 0) is 25.6 Å². The predicted octanol–water partition coefficient (Wildman–Crippen LogP) is 2.44. The summed E-state index contributed by atoms with van der Waals surface area (Å²) in [6, 6.07) is 5.55. The first-order valence-corrected chi connectivity index (χ1v) is 7.16. The van der Waals surface area contributed by atoms with E-state index in [1.54, 1.807) is 6.07 Å². The summed E-state index contributed by atoms with van der Waals surface area (Å²) in [6.45, 7) is 0.732. The first kappa shape index (κ1) is 15.0. The fourth-order valence-electron chi connectivity index (χ4n) is 2.86. The van der Waals surface area contributed by atoms with Crippen LogP contribution in [0.25, 0.3) is 0 Å². The van der Waals surface area contributed by atoms with Gasteiger partial charge in [0.25, 0.3) is 0 Å². The summed E-state index contributed by atoms with van der Waals surface area (Å²) in [5.41, 5.74) is -0.425. The van der Waals surface area contributed by atoms with Crippen molar-refractivity contribution in [2.75, 3.05) is 6.61 Å². The van der Waals surface area contributed by atoms with Crippen molar-refractivity contribution in [1.29, 1.82) is 0 Å². The topological polar surface area (TPSA) is 50.9 Å². The quantitative estimate of drug-likeness (QED) is 0.947. The van der Waals surface area contributed by atoms with E-state index in [4.69, 9.17) is 0 Å². The lowest BCUT2D eigenvalue weighted by molar-refractivity contribution is -0.138. The normalized spacial score (nSPS) is 18.3. The number of rotatable bonds is 3. The van der Waals surface area contributed by atoms with Crippen molar-refractivity contribution in [2.45, 2.75) is 32.0 Å². The van der Waals surface area contributed by atoms with Gasteiger partial charge in [0.15, 0.2) is 0 Å². The van der Waals surface area contributed by atoms with Crippen LogP contribution < -0.4 is 0 Å². The number of halogens is 3. The van der Waals surface area contributed by atoms with Crippen molar-refractivity contribution in [3.05, 3.63) is 47.0 Å². The number of fused-ring (bicyclic) bond motifs is 1. The molecule has 2 heterocycles. The molecule has 4 nitrogen and oxygen atoms in total. The third kappa shape index (κ3) is 2.85. The van der Waals surface area contributed by atoms with Crippen molar-refractivity contribution in [2.24, 2.45) is 5.92 Å². The Labute approximate surface area is 125 Å². The molecule has 1 atom stereocenters. The minimum absolute atomic E-state index is 0.0963. The second-order valence-electron chi connectivity index (χ2n) is 5.56. The molecule has 0 amide bonds. The van der Waals surface area contributed by atoms with E-state index < -0.39 is 11.7 Å². The number of benzene rings is 1. The maximum absolute atomic E-state index is 13.0. The molecule has 0 bridgehead atoms. The van der Waals surface area contributed by atoms with Gasteiger partial charge in [-0.3, -0.25) is 0 Å². The lowest BCUT2D eigenvalue weighted by atomic mass is 9.98. The monoisotopic (exact) mass is 311 g/mol. The highest BCUT2D eigenvalue weighted by Crippen LogP contribution is 2.33. The third-order valence-corrected chi connectivity index (χ3v) is 4.07. The summed E-state index contributed by atoms with van der Waals surface area (Å²) in [5, 5.41) is 17.3. The van der Waals surface area contributed by atoms with Gasteiger partial charge in [0.1, 0.15) is 11.6 Å². The molecular formula is C15H16F3N3O. The summed E-state index contributed by atoms with van der Waals surface area (Å²) in [4.78, 5) is 0. The van der Waals surface area contributed by atoms with Crippen molar-refractivity contribution >= 4 is 0 Å². The zero-order chi connectivity index (χ0) is 15.7. The van der Waals surface area contributed by atoms with E-state index >= 15 is 0 Å². The molecule has 1 aliphatic heterocycles. The highest BCUT2D eigenvalue weighted by molar-refractivity contribution is 5.32. The van der Waals surface area contributed by atoms with Crippen LogP contribution in [0.1, 0.15) is 29.2 Å². The Balaban J connectivity index is 1.88. The number of hydrogen-bond donors (Lipinski definition) is 1. The average Bonchev–Trinajstić information content (AvgIpc) is 2.89. The van der Waals surface area contributed by atoms with Crippen LogP contribution in [0, 0.1) is 5.92 Å². The molecule has 1 aromatic carbocycles. The molecule has 1 N–H and O–H groups in total. The molecule has 1 aliphatic rings. The first-order valence-electron chi connectivity index (χ1n) is 7.16. The van der Waals surface area contributed by atoms with E-state index in [2.05, 4.69) is 10.2 Å². The molecule has 22 heavy (non-hydrogen) atoms. The van der Waals surface area contributed by atoms with Crippen LogP contribution >= 0.6 is 0 Å². The van der Waals surface area contributed by atoms with Crippen LogP contribution in [0.4, 0.5) is 13.2 Å². The van der Waals surface area contributed by atoms with E-state index in [-0.39, 0.29) is 24.5 Å². The minimum Gasteiger partial charge on any atom is -0.396 e. The zero-order valence-electron chi connectivity index (χ0n) is 11.8. The molecule has 0 saturated carbocycles. The summed E-state index contributed by atoms with van der Waals surface area (Å²) < 4.78 is 41.0. The zero-order valence-corrected chi connectivity index (χ0v) is 11.8. The Bertz CT molecular complexity index is 666. The van der Waals surface area contributed by atoms with Gasteiger partial charge >= 0.3 is 6.18 Å². The van der Waals surface area contributed by atoms with Gasteiger partial charge in [0.2, 0.25) is 0 Å².